The zero-order chi connectivity index (χ0) is 20.8. The summed E-state index contributed by atoms with van der Waals surface area (Å²) in [6.07, 6.45) is 0. The molecule has 0 atom stereocenters. The van der Waals surface area contributed by atoms with Crippen molar-refractivity contribution in [3.8, 4) is 5.75 Å². The third-order valence-electron chi connectivity index (χ3n) is 4.90. The fourth-order valence-electron chi connectivity index (χ4n) is 3.31. The van der Waals surface area contributed by atoms with Gasteiger partial charge >= 0.3 is 0 Å². The number of hydrogen-bond acceptors (Lipinski definition) is 5. The number of nitrogens with one attached hydrogen (secondary N) is 1. The lowest BCUT2D eigenvalue weighted by Gasteiger charge is -2.35. The number of ether oxygens (including phenoxy) is 1. The van der Waals surface area contributed by atoms with E-state index in [2.05, 4.69) is 5.32 Å². The monoisotopic (exact) mass is 396 g/mol. The average Bonchev–Trinajstić information content (AvgIpc) is 2.74. The second kappa shape index (κ2) is 9.43. The number of methoxy groups -OCH3 is 1. The summed E-state index contributed by atoms with van der Waals surface area (Å²) in [4.78, 5) is 30.8. The Balaban J connectivity index is 1.66. The summed E-state index contributed by atoms with van der Waals surface area (Å²) in [7, 11) is 5.39. The summed E-state index contributed by atoms with van der Waals surface area (Å²) < 4.78 is 5.19. The highest BCUT2D eigenvalue weighted by Gasteiger charge is 2.26. The lowest BCUT2D eigenvalue weighted by atomic mass is 10.1. The second-order valence-electron chi connectivity index (χ2n) is 7.31. The molecular formula is C22H28N4O3. The average molecular weight is 396 g/mol. The van der Waals surface area contributed by atoms with Crippen LogP contribution in [0.1, 0.15) is 10.4 Å². The Morgan fingerprint density at radius 2 is 1.59 bits per heavy atom. The van der Waals surface area contributed by atoms with Crippen LogP contribution in [0.3, 0.4) is 0 Å². The summed E-state index contributed by atoms with van der Waals surface area (Å²) in [6.45, 7) is 2.59. The van der Waals surface area contributed by atoms with Gasteiger partial charge < -0.3 is 24.8 Å². The second-order valence-corrected chi connectivity index (χ2v) is 7.31. The van der Waals surface area contributed by atoms with Gasteiger partial charge in [-0.1, -0.05) is 12.1 Å². The van der Waals surface area contributed by atoms with Crippen LogP contribution >= 0.6 is 0 Å². The molecule has 29 heavy (non-hydrogen) atoms. The molecule has 2 aromatic rings. The summed E-state index contributed by atoms with van der Waals surface area (Å²) in [5.41, 5.74) is 2.26. The smallest absolute Gasteiger partial charge is 0.256 e. The highest BCUT2D eigenvalue weighted by atomic mass is 16.5. The van der Waals surface area contributed by atoms with Crippen molar-refractivity contribution in [2.75, 3.05) is 59.2 Å². The van der Waals surface area contributed by atoms with E-state index in [0.29, 0.717) is 38.3 Å². The van der Waals surface area contributed by atoms with Crippen molar-refractivity contribution in [3.05, 3.63) is 54.1 Å². The predicted molar refractivity (Wildman–Crippen MR) is 114 cm³/mol. The lowest BCUT2D eigenvalue weighted by Crippen LogP contribution is -2.52. The third-order valence-corrected chi connectivity index (χ3v) is 4.90. The van der Waals surface area contributed by atoms with Crippen molar-refractivity contribution in [1.29, 1.82) is 0 Å². The van der Waals surface area contributed by atoms with Gasteiger partial charge in [-0.05, 0) is 50.5 Å². The first-order chi connectivity index (χ1) is 14.0. The molecule has 0 aromatic heterocycles. The quantitative estimate of drug-likeness (QED) is 0.812. The highest BCUT2D eigenvalue weighted by Crippen LogP contribution is 2.24. The summed E-state index contributed by atoms with van der Waals surface area (Å²) >= 11 is 0. The van der Waals surface area contributed by atoms with E-state index >= 15 is 0 Å². The number of benzene rings is 2. The summed E-state index contributed by atoms with van der Waals surface area (Å²) in [5.74, 6) is 0.853. The Morgan fingerprint density at radius 3 is 2.21 bits per heavy atom. The number of hydrogen-bond donors (Lipinski definition) is 1. The van der Waals surface area contributed by atoms with E-state index in [1.807, 2.05) is 77.3 Å². The van der Waals surface area contributed by atoms with Crippen molar-refractivity contribution < 1.29 is 14.3 Å². The van der Waals surface area contributed by atoms with E-state index in [4.69, 9.17) is 4.74 Å². The normalized spacial score (nSPS) is 14.1. The number of anilines is 2. The van der Waals surface area contributed by atoms with E-state index in [9.17, 15) is 9.59 Å². The molecule has 0 spiro atoms. The SMILES string of the molecule is COc1ccc(Nc2ccccc2C(=O)N2CCN(C(=O)CN(C)C)CC2)cc1. The maximum absolute atomic E-state index is 13.1. The van der Waals surface area contributed by atoms with Crippen molar-refractivity contribution >= 4 is 23.2 Å². The van der Waals surface area contributed by atoms with Gasteiger partial charge in [-0.2, -0.15) is 0 Å². The van der Waals surface area contributed by atoms with Crippen LogP contribution in [0.5, 0.6) is 5.75 Å². The fourth-order valence-corrected chi connectivity index (χ4v) is 3.31. The summed E-state index contributed by atoms with van der Waals surface area (Å²) in [6, 6.07) is 15.1. The molecule has 1 fully saturated rings. The molecule has 0 radical (unpaired) electrons. The molecule has 0 unspecified atom stereocenters. The first kappa shape index (κ1) is 20.7. The number of carbonyl (C=O) groups excluding carboxylic acids is 2. The molecule has 2 aromatic carbocycles. The number of nitrogens with zero attached hydrogens (tertiary/aromatic N) is 3. The van der Waals surface area contributed by atoms with Crippen LogP contribution in [0, 0.1) is 0 Å². The molecule has 0 bridgehead atoms. The van der Waals surface area contributed by atoms with Gasteiger partial charge in [0.15, 0.2) is 0 Å². The Bertz CT molecular complexity index is 843. The first-order valence-corrected chi connectivity index (χ1v) is 9.70. The van der Waals surface area contributed by atoms with Crippen LogP contribution in [0.4, 0.5) is 11.4 Å². The molecule has 2 amide bonds. The van der Waals surface area contributed by atoms with Crippen LogP contribution in [0.2, 0.25) is 0 Å². The molecule has 1 aliphatic rings. The van der Waals surface area contributed by atoms with Gasteiger partial charge in [0, 0.05) is 31.9 Å². The van der Waals surface area contributed by atoms with Crippen LogP contribution in [0.25, 0.3) is 0 Å². The van der Waals surface area contributed by atoms with Gasteiger partial charge in [0.2, 0.25) is 5.91 Å². The molecule has 1 saturated heterocycles. The number of likely N-dealkylation sites (N-methyl/N-ethyl adjacent to an activating group) is 1. The van der Waals surface area contributed by atoms with E-state index < -0.39 is 0 Å². The van der Waals surface area contributed by atoms with Gasteiger partial charge in [0.05, 0.1) is 24.9 Å². The molecule has 1 heterocycles. The van der Waals surface area contributed by atoms with Crippen molar-refractivity contribution in [1.82, 2.24) is 14.7 Å². The maximum Gasteiger partial charge on any atom is 0.256 e. The topological polar surface area (TPSA) is 65.1 Å². The molecule has 1 aliphatic heterocycles. The Morgan fingerprint density at radius 1 is 0.966 bits per heavy atom. The van der Waals surface area contributed by atoms with E-state index in [-0.39, 0.29) is 11.8 Å². The zero-order valence-corrected chi connectivity index (χ0v) is 17.2. The molecule has 0 aliphatic carbocycles. The minimum Gasteiger partial charge on any atom is -0.497 e. The zero-order valence-electron chi connectivity index (χ0n) is 17.2. The largest absolute Gasteiger partial charge is 0.497 e. The number of para-hydroxylation sites is 1. The number of piperazine rings is 1. The standard InChI is InChI=1S/C22H28N4O3/c1-24(2)16-21(27)25-12-14-26(15-13-25)22(28)19-6-4-5-7-20(19)23-17-8-10-18(29-3)11-9-17/h4-11,23H,12-16H2,1-3H3. The van der Waals surface area contributed by atoms with Crippen molar-refractivity contribution in [2.45, 2.75) is 0 Å². The maximum atomic E-state index is 13.1. The molecule has 154 valence electrons. The van der Waals surface area contributed by atoms with Gasteiger partial charge in [0.1, 0.15) is 5.75 Å². The van der Waals surface area contributed by atoms with E-state index in [1.54, 1.807) is 7.11 Å². The number of amides is 2. The van der Waals surface area contributed by atoms with Crippen LogP contribution in [-0.2, 0) is 4.79 Å². The van der Waals surface area contributed by atoms with Crippen LogP contribution < -0.4 is 10.1 Å². The van der Waals surface area contributed by atoms with Gasteiger partial charge in [-0.3, -0.25) is 9.59 Å². The number of carbonyl (C=O) groups is 2. The van der Waals surface area contributed by atoms with Crippen LogP contribution in [0.15, 0.2) is 48.5 Å². The third kappa shape index (κ3) is 5.26. The van der Waals surface area contributed by atoms with Crippen molar-refractivity contribution in [3.63, 3.8) is 0 Å². The Labute approximate surface area is 171 Å². The molecular weight excluding hydrogens is 368 g/mol. The lowest BCUT2D eigenvalue weighted by molar-refractivity contribution is -0.133. The van der Waals surface area contributed by atoms with Gasteiger partial charge in [-0.25, -0.2) is 0 Å². The first-order valence-electron chi connectivity index (χ1n) is 9.70. The summed E-state index contributed by atoms with van der Waals surface area (Å²) in [5, 5.41) is 3.32. The number of rotatable bonds is 6. The minimum atomic E-state index is -0.0266. The van der Waals surface area contributed by atoms with Crippen LogP contribution in [-0.4, -0.2) is 80.4 Å². The molecule has 1 N–H and O–H groups in total. The highest BCUT2D eigenvalue weighted by molar-refractivity contribution is 6.00. The fraction of sp³-hybridized carbons (Fsp3) is 0.364. The Kier molecular flexibility index (Phi) is 6.72. The van der Waals surface area contributed by atoms with E-state index in [1.165, 1.54) is 0 Å². The molecule has 3 rings (SSSR count). The predicted octanol–water partition coefficient (Wildman–Crippen LogP) is 2.28. The van der Waals surface area contributed by atoms with Crippen molar-refractivity contribution in [2.24, 2.45) is 0 Å². The minimum absolute atomic E-state index is 0.0266. The molecule has 7 nitrogen and oxygen atoms in total. The van der Waals surface area contributed by atoms with Gasteiger partial charge in [0.25, 0.3) is 5.91 Å². The molecule has 7 heteroatoms. The van der Waals surface area contributed by atoms with Gasteiger partial charge in [-0.15, -0.1) is 0 Å². The van der Waals surface area contributed by atoms with E-state index in [0.717, 1.165) is 17.1 Å². The Hall–Kier alpha value is -3.06. The molecule has 0 saturated carbocycles.